The molecule has 0 fully saturated rings. The van der Waals surface area contributed by atoms with Gasteiger partial charge in [0.15, 0.2) is 0 Å². The van der Waals surface area contributed by atoms with Crippen LogP contribution in [0.25, 0.3) is 0 Å². The topological polar surface area (TPSA) is 23.5 Å². The van der Waals surface area contributed by atoms with Crippen LogP contribution in [0.1, 0.15) is 29.7 Å². The van der Waals surface area contributed by atoms with E-state index in [1.807, 2.05) is 37.9 Å². The number of anilines is 2. The van der Waals surface area contributed by atoms with Gasteiger partial charge in [-0.3, -0.25) is 0 Å². The molecule has 0 saturated heterocycles. The Bertz CT molecular complexity index is 622. The fourth-order valence-electron chi connectivity index (χ4n) is 2.37. The zero-order valence-electron chi connectivity index (χ0n) is 12.3. The maximum absolute atomic E-state index is 14.2. The molecule has 2 aromatic carbocycles. The van der Waals surface area contributed by atoms with E-state index in [0.29, 0.717) is 11.3 Å². The van der Waals surface area contributed by atoms with Crippen LogP contribution in [0.4, 0.5) is 15.8 Å². The number of benzene rings is 2. The van der Waals surface area contributed by atoms with Crippen LogP contribution in [0, 0.1) is 19.7 Å². The summed E-state index contributed by atoms with van der Waals surface area (Å²) in [5.41, 5.74) is 4.34. The van der Waals surface area contributed by atoms with Gasteiger partial charge in [-0.2, -0.15) is 0 Å². The maximum Gasteiger partial charge on any atom is 0.147 e. The normalized spacial score (nSPS) is 12.3. The summed E-state index contributed by atoms with van der Waals surface area (Å²) in [6.07, 6.45) is -0.662. The summed E-state index contributed by atoms with van der Waals surface area (Å²) in [4.78, 5) is 1.83. The van der Waals surface area contributed by atoms with Gasteiger partial charge >= 0.3 is 0 Å². The summed E-state index contributed by atoms with van der Waals surface area (Å²) in [5, 5.41) is 9.49. The van der Waals surface area contributed by atoms with E-state index in [4.69, 9.17) is 0 Å². The van der Waals surface area contributed by atoms with Gasteiger partial charge in [-0.1, -0.05) is 23.8 Å². The minimum absolute atomic E-state index is 0.328. The largest absolute Gasteiger partial charge is 0.389 e. The lowest BCUT2D eigenvalue weighted by Gasteiger charge is -2.23. The first-order valence-corrected chi connectivity index (χ1v) is 6.68. The first-order valence-electron chi connectivity index (χ1n) is 6.68. The first kappa shape index (κ1) is 14.5. The molecule has 0 aliphatic rings. The van der Waals surface area contributed by atoms with E-state index < -0.39 is 6.10 Å². The highest BCUT2D eigenvalue weighted by Crippen LogP contribution is 2.30. The minimum atomic E-state index is -0.662. The number of rotatable bonds is 3. The molecule has 3 heteroatoms. The highest BCUT2D eigenvalue weighted by molar-refractivity contribution is 5.66. The molecule has 20 heavy (non-hydrogen) atoms. The highest BCUT2D eigenvalue weighted by atomic mass is 19.1. The van der Waals surface area contributed by atoms with Crippen molar-refractivity contribution in [2.75, 3.05) is 11.9 Å². The Morgan fingerprint density at radius 1 is 1.05 bits per heavy atom. The van der Waals surface area contributed by atoms with Gasteiger partial charge in [0.05, 0.1) is 11.8 Å². The number of aliphatic hydroxyl groups excluding tert-OH is 1. The van der Waals surface area contributed by atoms with Crippen molar-refractivity contribution in [2.24, 2.45) is 0 Å². The van der Waals surface area contributed by atoms with Gasteiger partial charge in [-0.05, 0) is 50.1 Å². The van der Waals surface area contributed by atoms with Gasteiger partial charge in [-0.15, -0.1) is 0 Å². The average Bonchev–Trinajstić information content (AvgIpc) is 2.37. The van der Waals surface area contributed by atoms with Crippen LogP contribution < -0.4 is 4.90 Å². The molecule has 0 heterocycles. The third-order valence-corrected chi connectivity index (χ3v) is 3.53. The smallest absolute Gasteiger partial charge is 0.147 e. The van der Waals surface area contributed by atoms with Crippen molar-refractivity contribution in [1.29, 1.82) is 0 Å². The zero-order valence-corrected chi connectivity index (χ0v) is 12.3. The molecule has 2 rings (SSSR count). The van der Waals surface area contributed by atoms with Crippen LogP contribution in [0.3, 0.4) is 0 Å². The molecule has 0 bridgehead atoms. The summed E-state index contributed by atoms with van der Waals surface area (Å²) < 4.78 is 14.2. The zero-order chi connectivity index (χ0) is 14.9. The van der Waals surface area contributed by atoms with E-state index in [9.17, 15) is 9.50 Å². The summed E-state index contributed by atoms with van der Waals surface area (Å²) >= 11 is 0. The van der Waals surface area contributed by atoms with Crippen LogP contribution in [-0.4, -0.2) is 12.2 Å². The molecule has 0 aromatic heterocycles. The summed E-state index contributed by atoms with van der Waals surface area (Å²) in [7, 11) is 1.85. The molecule has 106 valence electrons. The van der Waals surface area contributed by atoms with E-state index in [-0.39, 0.29) is 5.82 Å². The SMILES string of the molecule is Cc1ccc(N(C)c2ccc(C(C)O)cc2F)c(C)c1. The Hall–Kier alpha value is -1.87. The monoisotopic (exact) mass is 273 g/mol. The van der Waals surface area contributed by atoms with Gasteiger partial charge in [0, 0.05) is 12.7 Å². The lowest BCUT2D eigenvalue weighted by molar-refractivity contribution is 0.199. The number of aliphatic hydroxyl groups is 1. The summed E-state index contributed by atoms with van der Waals surface area (Å²) in [6, 6.07) is 10.9. The number of aryl methyl sites for hydroxylation is 2. The number of hydrogen-bond donors (Lipinski definition) is 1. The molecular weight excluding hydrogens is 253 g/mol. The Balaban J connectivity index is 2.40. The molecule has 0 radical (unpaired) electrons. The molecule has 1 unspecified atom stereocenters. The van der Waals surface area contributed by atoms with E-state index in [1.54, 1.807) is 19.1 Å². The highest BCUT2D eigenvalue weighted by Gasteiger charge is 2.13. The van der Waals surface area contributed by atoms with Gasteiger partial charge < -0.3 is 10.0 Å². The molecule has 2 aromatic rings. The van der Waals surface area contributed by atoms with Crippen molar-refractivity contribution < 1.29 is 9.50 Å². The molecule has 0 spiro atoms. The van der Waals surface area contributed by atoms with Crippen LogP contribution in [0.5, 0.6) is 0 Å². The standard InChI is InChI=1S/C17H20FNO/c1-11-5-7-16(12(2)9-11)19(4)17-8-6-14(13(3)20)10-15(17)18/h5-10,13,20H,1-4H3. The predicted octanol–water partition coefficient (Wildman–Crippen LogP) is 4.26. The van der Waals surface area contributed by atoms with E-state index in [0.717, 1.165) is 11.3 Å². The van der Waals surface area contributed by atoms with Gasteiger partial charge in [0.1, 0.15) is 5.82 Å². The fraction of sp³-hybridized carbons (Fsp3) is 0.294. The van der Waals surface area contributed by atoms with Crippen LogP contribution in [0.15, 0.2) is 36.4 Å². The molecule has 0 aliphatic carbocycles. The summed E-state index contributed by atoms with van der Waals surface area (Å²) in [6.45, 7) is 5.68. The van der Waals surface area contributed by atoms with Crippen molar-refractivity contribution in [3.05, 3.63) is 58.9 Å². The summed E-state index contributed by atoms with van der Waals surface area (Å²) in [5.74, 6) is -0.328. The van der Waals surface area contributed by atoms with E-state index in [1.165, 1.54) is 11.6 Å². The van der Waals surface area contributed by atoms with Crippen molar-refractivity contribution in [3.63, 3.8) is 0 Å². The van der Waals surface area contributed by atoms with Gasteiger partial charge in [-0.25, -0.2) is 4.39 Å². The van der Waals surface area contributed by atoms with Gasteiger partial charge in [0.25, 0.3) is 0 Å². The lowest BCUT2D eigenvalue weighted by Crippen LogP contribution is -2.13. The molecule has 1 atom stereocenters. The lowest BCUT2D eigenvalue weighted by atomic mass is 10.1. The minimum Gasteiger partial charge on any atom is -0.389 e. The molecule has 0 saturated carbocycles. The van der Waals surface area contributed by atoms with Crippen molar-refractivity contribution >= 4 is 11.4 Å². The van der Waals surface area contributed by atoms with E-state index in [2.05, 4.69) is 6.07 Å². The Morgan fingerprint density at radius 3 is 2.25 bits per heavy atom. The van der Waals surface area contributed by atoms with Gasteiger partial charge in [0.2, 0.25) is 0 Å². The molecule has 2 nitrogen and oxygen atoms in total. The maximum atomic E-state index is 14.2. The Morgan fingerprint density at radius 2 is 1.70 bits per heavy atom. The second-order valence-electron chi connectivity index (χ2n) is 5.24. The first-order chi connectivity index (χ1) is 9.40. The van der Waals surface area contributed by atoms with E-state index >= 15 is 0 Å². The molecular formula is C17H20FNO. The van der Waals surface area contributed by atoms with Crippen LogP contribution >= 0.6 is 0 Å². The van der Waals surface area contributed by atoms with Crippen molar-refractivity contribution in [1.82, 2.24) is 0 Å². The second kappa shape index (κ2) is 5.63. The Kier molecular flexibility index (Phi) is 4.09. The average molecular weight is 273 g/mol. The predicted molar refractivity (Wildman–Crippen MR) is 81.0 cm³/mol. The second-order valence-corrected chi connectivity index (χ2v) is 5.24. The van der Waals surface area contributed by atoms with Crippen molar-refractivity contribution in [3.8, 4) is 0 Å². The van der Waals surface area contributed by atoms with Crippen molar-refractivity contribution in [2.45, 2.75) is 26.9 Å². The number of hydrogen-bond acceptors (Lipinski definition) is 2. The number of halogens is 1. The molecule has 0 aliphatic heterocycles. The quantitative estimate of drug-likeness (QED) is 0.903. The number of nitrogens with zero attached hydrogens (tertiary/aromatic N) is 1. The fourth-order valence-corrected chi connectivity index (χ4v) is 2.37. The third-order valence-electron chi connectivity index (χ3n) is 3.53. The van der Waals surface area contributed by atoms with Crippen LogP contribution in [0.2, 0.25) is 0 Å². The Labute approximate surface area is 119 Å². The molecule has 1 N–H and O–H groups in total. The third kappa shape index (κ3) is 2.83. The van der Waals surface area contributed by atoms with Crippen LogP contribution in [-0.2, 0) is 0 Å². The molecule has 0 amide bonds.